The second-order valence-electron chi connectivity index (χ2n) is 4.35. The monoisotopic (exact) mass is 220 g/mol. The number of hydrogen-bond donors (Lipinski definition) is 1. The molecule has 0 fully saturated rings. The second-order valence-corrected chi connectivity index (χ2v) is 4.35. The molecular formula is C13H17FN2. The summed E-state index contributed by atoms with van der Waals surface area (Å²) in [6, 6.07) is 5.01. The standard InChI is InChI=1S/C13H17FN2/c1-10-5-7-16(8-6-10)9-11-3-2-4-12(14)13(11)15/h2-5H,6-9,15H2,1H3. The maximum Gasteiger partial charge on any atom is 0.146 e. The van der Waals surface area contributed by atoms with E-state index in [1.165, 1.54) is 11.6 Å². The fourth-order valence-electron chi connectivity index (χ4n) is 1.92. The van der Waals surface area contributed by atoms with Gasteiger partial charge >= 0.3 is 0 Å². The minimum atomic E-state index is -0.318. The Morgan fingerprint density at radius 2 is 2.25 bits per heavy atom. The molecule has 0 atom stereocenters. The van der Waals surface area contributed by atoms with E-state index in [-0.39, 0.29) is 11.5 Å². The summed E-state index contributed by atoms with van der Waals surface area (Å²) in [6.07, 6.45) is 3.31. The van der Waals surface area contributed by atoms with Crippen LogP contribution in [0.4, 0.5) is 10.1 Å². The Morgan fingerprint density at radius 1 is 1.44 bits per heavy atom. The summed E-state index contributed by atoms with van der Waals surface area (Å²) in [5.41, 5.74) is 8.31. The van der Waals surface area contributed by atoms with Crippen LogP contribution in [0, 0.1) is 5.82 Å². The molecule has 0 radical (unpaired) electrons. The number of halogens is 1. The number of para-hydroxylation sites is 1. The molecule has 86 valence electrons. The Labute approximate surface area is 95.6 Å². The van der Waals surface area contributed by atoms with Crippen LogP contribution in [0.15, 0.2) is 29.8 Å². The molecule has 0 spiro atoms. The minimum absolute atomic E-state index is 0.286. The Kier molecular flexibility index (Phi) is 3.25. The van der Waals surface area contributed by atoms with Gasteiger partial charge in [0.05, 0.1) is 5.69 Å². The number of nitrogens with two attached hydrogens (primary N) is 1. The first kappa shape index (κ1) is 11.1. The predicted octanol–water partition coefficient (Wildman–Crippen LogP) is 2.56. The Morgan fingerprint density at radius 3 is 2.94 bits per heavy atom. The molecule has 0 amide bonds. The van der Waals surface area contributed by atoms with Gasteiger partial charge in [-0.2, -0.15) is 0 Å². The normalized spacial score (nSPS) is 17.2. The highest BCUT2D eigenvalue weighted by Gasteiger charge is 2.12. The lowest BCUT2D eigenvalue weighted by Gasteiger charge is -2.25. The molecule has 1 aromatic carbocycles. The lowest BCUT2D eigenvalue weighted by atomic mass is 10.1. The molecule has 16 heavy (non-hydrogen) atoms. The number of hydrogen-bond acceptors (Lipinski definition) is 2. The Bertz CT molecular complexity index is 412. The van der Waals surface area contributed by atoms with E-state index < -0.39 is 0 Å². The van der Waals surface area contributed by atoms with E-state index >= 15 is 0 Å². The van der Waals surface area contributed by atoms with Gasteiger partial charge < -0.3 is 5.73 Å². The van der Waals surface area contributed by atoms with E-state index in [0.717, 1.165) is 31.6 Å². The molecule has 1 heterocycles. The second kappa shape index (κ2) is 4.66. The van der Waals surface area contributed by atoms with Gasteiger partial charge in [-0.3, -0.25) is 4.90 Å². The number of benzene rings is 1. The van der Waals surface area contributed by atoms with Crippen molar-refractivity contribution in [3.05, 3.63) is 41.2 Å². The molecule has 0 aliphatic carbocycles. The maximum atomic E-state index is 13.2. The fraction of sp³-hybridized carbons (Fsp3) is 0.385. The van der Waals surface area contributed by atoms with E-state index in [2.05, 4.69) is 17.9 Å². The molecule has 2 N–H and O–H groups in total. The average molecular weight is 220 g/mol. The molecule has 3 heteroatoms. The van der Waals surface area contributed by atoms with Gasteiger partial charge in [0, 0.05) is 19.6 Å². The molecule has 0 saturated carbocycles. The van der Waals surface area contributed by atoms with Crippen molar-refractivity contribution in [1.29, 1.82) is 0 Å². The van der Waals surface area contributed by atoms with Crippen molar-refractivity contribution in [2.75, 3.05) is 18.8 Å². The van der Waals surface area contributed by atoms with Crippen molar-refractivity contribution in [3.63, 3.8) is 0 Å². The van der Waals surface area contributed by atoms with Crippen molar-refractivity contribution < 1.29 is 4.39 Å². The zero-order chi connectivity index (χ0) is 11.5. The summed E-state index contributed by atoms with van der Waals surface area (Å²) >= 11 is 0. The van der Waals surface area contributed by atoms with E-state index in [1.54, 1.807) is 6.07 Å². The summed E-state index contributed by atoms with van der Waals surface area (Å²) in [7, 11) is 0. The highest BCUT2D eigenvalue weighted by atomic mass is 19.1. The quantitative estimate of drug-likeness (QED) is 0.613. The Hall–Kier alpha value is -1.35. The molecule has 0 unspecified atom stereocenters. The molecule has 1 aliphatic heterocycles. The van der Waals surface area contributed by atoms with E-state index in [9.17, 15) is 4.39 Å². The van der Waals surface area contributed by atoms with E-state index in [0.29, 0.717) is 0 Å². The molecule has 1 aromatic rings. The largest absolute Gasteiger partial charge is 0.396 e. The number of nitrogen functional groups attached to an aromatic ring is 1. The van der Waals surface area contributed by atoms with E-state index in [4.69, 9.17) is 5.73 Å². The van der Waals surface area contributed by atoms with Crippen LogP contribution in [0.2, 0.25) is 0 Å². The molecule has 0 aromatic heterocycles. The molecule has 2 nitrogen and oxygen atoms in total. The van der Waals surface area contributed by atoms with Crippen molar-refractivity contribution in [2.24, 2.45) is 0 Å². The van der Waals surface area contributed by atoms with Crippen LogP contribution < -0.4 is 5.73 Å². The molecule has 0 saturated heterocycles. The van der Waals surface area contributed by atoms with Crippen molar-refractivity contribution in [3.8, 4) is 0 Å². The topological polar surface area (TPSA) is 29.3 Å². The van der Waals surface area contributed by atoms with Gasteiger partial charge in [-0.25, -0.2) is 4.39 Å². The highest BCUT2D eigenvalue weighted by Crippen LogP contribution is 2.19. The molecule has 0 bridgehead atoms. The number of rotatable bonds is 2. The molecule has 1 aliphatic rings. The lowest BCUT2D eigenvalue weighted by molar-refractivity contribution is 0.286. The summed E-state index contributed by atoms with van der Waals surface area (Å²) < 4.78 is 13.2. The van der Waals surface area contributed by atoms with Crippen LogP contribution >= 0.6 is 0 Å². The van der Waals surface area contributed by atoms with Gasteiger partial charge in [0.1, 0.15) is 5.82 Å². The zero-order valence-electron chi connectivity index (χ0n) is 9.54. The third-order valence-electron chi connectivity index (χ3n) is 3.06. The van der Waals surface area contributed by atoms with Crippen LogP contribution in [0.25, 0.3) is 0 Å². The summed E-state index contributed by atoms with van der Waals surface area (Å²) in [6.45, 7) is 4.83. The summed E-state index contributed by atoms with van der Waals surface area (Å²) in [5, 5.41) is 0. The van der Waals surface area contributed by atoms with Crippen LogP contribution in [-0.4, -0.2) is 18.0 Å². The predicted molar refractivity (Wildman–Crippen MR) is 64.5 cm³/mol. The van der Waals surface area contributed by atoms with Crippen LogP contribution in [-0.2, 0) is 6.54 Å². The number of nitrogens with zero attached hydrogens (tertiary/aromatic N) is 1. The average Bonchev–Trinajstić information content (AvgIpc) is 2.28. The van der Waals surface area contributed by atoms with Gasteiger partial charge in [-0.15, -0.1) is 0 Å². The SMILES string of the molecule is CC1=CCN(Cc2cccc(F)c2N)CC1. The van der Waals surface area contributed by atoms with Crippen LogP contribution in [0.1, 0.15) is 18.9 Å². The van der Waals surface area contributed by atoms with Crippen LogP contribution in [0.5, 0.6) is 0 Å². The van der Waals surface area contributed by atoms with Crippen molar-refractivity contribution in [2.45, 2.75) is 19.9 Å². The van der Waals surface area contributed by atoms with Gasteiger partial charge in [0.15, 0.2) is 0 Å². The number of anilines is 1. The zero-order valence-corrected chi connectivity index (χ0v) is 9.54. The first-order chi connectivity index (χ1) is 7.66. The van der Waals surface area contributed by atoms with Gasteiger partial charge in [0.2, 0.25) is 0 Å². The highest BCUT2D eigenvalue weighted by molar-refractivity contribution is 5.47. The van der Waals surface area contributed by atoms with E-state index in [1.807, 2.05) is 6.07 Å². The van der Waals surface area contributed by atoms with Gasteiger partial charge in [0.25, 0.3) is 0 Å². The van der Waals surface area contributed by atoms with Crippen molar-refractivity contribution >= 4 is 5.69 Å². The lowest BCUT2D eigenvalue weighted by Crippen LogP contribution is -2.28. The van der Waals surface area contributed by atoms with Crippen LogP contribution in [0.3, 0.4) is 0 Å². The fourth-order valence-corrected chi connectivity index (χ4v) is 1.92. The maximum absolute atomic E-state index is 13.2. The third kappa shape index (κ3) is 2.42. The smallest absolute Gasteiger partial charge is 0.146 e. The van der Waals surface area contributed by atoms with Gasteiger partial charge in [-0.1, -0.05) is 23.8 Å². The van der Waals surface area contributed by atoms with Gasteiger partial charge in [-0.05, 0) is 25.0 Å². The summed E-state index contributed by atoms with van der Waals surface area (Å²) in [4.78, 5) is 2.28. The Balaban J connectivity index is 2.07. The molecule has 2 rings (SSSR count). The summed E-state index contributed by atoms with van der Waals surface area (Å²) in [5.74, 6) is -0.318. The molecular weight excluding hydrogens is 203 g/mol. The first-order valence-electron chi connectivity index (χ1n) is 5.57. The third-order valence-corrected chi connectivity index (χ3v) is 3.06. The minimum Gasteiger partial charge on any atom is -0.396 e. The first-order valence-corrected chi connectivity index (χ1v) is 5.57. The van der Waals surface area contributed by atoms with Crippen molar-refractivity contribution in [1.82, 2.24) is 4.90 Å².